The van der Waals surface area contributed by atoms with Crippen LogP contribution in [0.5, 0.6) is 0 Å². The lowest BCUT2D eigenvalue weighted by Gasteiger charge is -2.27. The summed E-state index contributed by atoms with van der Waals surface area (Å²) >= 11 is 0. The second kappa shape index (κ2) is 6.17. The molecule has 1 fully saturated rings. The van der Waals surface area contributed by atoms with Gasteiger partial charge in [0.2, 0.25) is 16.0 Å². The molecule has 8 nitrogen and oxygen atoms in total. The Bertz CT molecular complexity index is 881. The lowest BCUT2D eigenvalue weighted by Crippen LogP contribution is -2.36. The summed E-state index contributed by atoms with van der Waals surface area (Å²) in [4.78, 5) is 10.5. The molecular formula is C15H24N4O4S2. The molecule has 0 N–H and O–H groups in total. The van der Waals surface area contributed by atoms with E-state index in [1.165, 1.54) is 4.31 Å². The summed E-state index contributed by atoms with van der Waals surface area (Å²) < 4.78 is 51.8. The molecule has 0 saturated carbocycles. The summed E-state index contributed by atoms with van der Waals surface area (Å²) in [5.74, 6) is -0.0571. The fourth-order valence-corrected chi connectivity index (χ4v) is 7.42. The zero-order valence-corrected chi connectivity index (χ0v) is 16.5. The second-order valence-electron chi connectivity index (χ2n) is 7.42. The molecule has 1 saturated heterocycles. The lowest BCUT2D eigenvalue weighted by atomic mass is 10.00. The molecule has 10 heteroatoms. The number of aromatic nitrogens is 2. The van der Waals surface area contributed by atoms with Crippen LogP contribution in [0.25, 0.3) is 0 Å². The Hall–Kier alpha value is -1.26. The standard InChI is InChI=1S/C15H24N4O4S2/c1-10(2)8-25(22,23)19-6-12-13(7-19)24(20,21)9-11-5-16-15(18(3)4)17-14(11)12/h5,10,12-13H,6-9H2,1-4H3/t12-,13+/m1/s1. The zero-order chi connectivity index (χ0) is 18.6. The van der Waals surface area contributed by atoms with Crippen LogP contribution in [-0.2, 0) is 25.6 Å². The van der Waals surface area contributed by atoms with Crippen LogP contribution in [0.15, 0.2) is 6.20 Å². The number of nitrogens with zero attached hydrogens (tertiary/aromatic N) is 4. The van der Waals surface area contributed by atoms with Crippen molar-refractivity contribution in [2.75, 3.05) is 37.8 Å². The molecule has 1 aromatic rings. The van der Waals surface area contributed by atoms with Crippen molar-refractivity contribution in [1.82, 2.24) is 14.3 Å². The van der Waals surface area contributed by atoms with Crippen molar-refractivity contribution in [1.29, 1.82) is 0 Å². The number of rotatable bonds is 4. The van der Waals surface area contributed by atoms with Gasteiger partial charge in [-0.3, -0.25) is 0 Å². The molecule has 25 heavy (non-hydrogen) atoms. The van der Waals surface area contributed by atoms with Crippen molar-refractivity contribution in [2.45, 2.75) is 30.8 Å². The van der Waals surface area contributed by atoms with Gasteiger partial charge in [-0.1, -0.05) is 13.8 Å². The first kappa shape index (κ1) is 18.5. The van der Waals surface area contributed by atoms with Crippen LogP contribution < -0.4 is 4.90 Å². The van der Waals surface area contributed by atoms with E-state index in [9.17, 15) is 16.8 Å². The van der Waals surface area contributed by atoms with Crippen molar-refractivity contribution in [3.05, 3.63) is 17.5 Å². The highest BCUT2D eigenvalue weighted by molar-refractivity contribution is 7.91. The maximum absolute atomic E-state index is 12.7. The fraction of sp³-hybridized carbons (Fsp3) is 0.733. The quantitative estimate of drug-likeness (QED) is 0.727. The predicted octanol–water partition coefficient (Wildman–Crippen LogP) is 0.225. The van der Waals surface area contributed by atoms with Crippen LogP contribution >= 0.6 is 0 Å². The first-order valence-corrected chi connectivity index (χ1v) is 11.6. The molecule has 0 radical (unpaired) electrons. The summed E-state index contributed by atoms with van der Waals surface area (Å²) in [5, 5.41) is -0.730. The molecular weight excluding hydrogens is 364 g/mol. The molecule has 0 aromatic carbocycles. The summed E-state index contributed by atoms with van der Waals surface area (Å²) in [5.41, 5.74) is 1.25. The SMILES string of the molecule is CC(C)CS(=O)(=O)N1C[C@H]2c3nc(N(C)C)ncc3CS(=O)(=O)[C@H]2C1. The summed E-state index contributed by atoms with van der Waals surface area (Å²) in [7, 11) is -3.29. The summed E-state index contributed by atoms with van der Waals surface area (Å²) in [6.07, 6.45) is 1.55. The van der Waals surface area contributed by atoms with E-state index in [4.69, 9.17) is 0 Å². The van der Waals surface area contributed by atoms with Crippen molar-refractivity contribution in [2.24, 2.45) is 5.92 Å². The van der Waals surface area contributed by atoms with Crippen LogP contribution in [0.1, 0.15) is 31.0 Å². The normalized spacial score (nSPS) is 25.6. The van der Waals surface area contributed by atoms with Gasteiger partial charge in [-0.05, 0) is 5.92 Å². The van der Waals surface area contributed by atoms with Crippen LogP contribution in [0.4, 0.5) is 5.95 Å². The van der Waals surface area contributed by atoms with E-state index in [0.29, 0.717) is 17.2 Å². The van der Waals surface area contributed by atoms with Crippen LogP contribution in [0.3, 0.4) is 0 Å². The van der Waals surface area contributed by atoms with E-state index in [0.717, 1.165) is 0 Å². The monoisotopic (exact) mass is 388 g/mol. The number of sulfonamides is 1. The number of fused-ring (bicyclic) bond motifs is 3. The molecule has 0 amide bonds. The van der Waals surface area contributed by atoms with E-state index >= 15 is 0 Å². The van der Waals surface area contributed by atoms with E-state index in [1.54, 1.807) is 11.1 Å². The van der Waals surface area contributed by atoms with Gasteiger partial charge in [-0.25, -0.2) is 26.8 Å². The van der Waals surface area contributed by atoms with Gasteiger partial charge in [-0.15, -0.1) is 0 Å². The van der Waals surface area contributed by atoms with Gasteiger partial charge in [0.05, 0.1) is 22.4 Å². The molecule has 0 spiro atoms. The highest BCUT2D eigenvalue weighted by Gasteiger charge is 2.50. The first-order valence-electron chi connectivity index (χ1n) is 8.24. The van der Waals surface area contributed by atoms with Crippen LogP contribution in [-0.4, -0.2) is 69.3 Å². The fourth-order valence-electron chi connectivity index (χ4n) is 3.50. The van der Waals surface area contributed by atoms with Crippen molar-refractivity contribution >= 4 is 25.8 Å². The van der Waals surface area contributed by atoms with Gasteiger partial charge in [0.15, 0.2) is 9.84 Å². The molecule has 0 bridgehead atoms. The Morgan fingerprint density at radius 3 is 2.60 bits per heavy atom. The highest BCUT2D eigenvalue weighted by atomic mass is 32.2. The average Bonchev–Trinajstić information content (AvgIpc) is 2.92. The van der Waals surface area contributed by atoms with E-state index in [1.807, 2.05) is 27.9 Å². The Kier molecular flexibility index (Phi) is 4.57. The largest absolute Gasteiger partial charge is 0.347 e. The van der Waals surface area contributed by atoms with Crippen LogP contribution in [0, 0.1) is 5.92 Å². The van der Waals surface area contributed by atoms with Gasteiger partial charge in [0.25, 0.3) is 0 Å². The Balaban J connectivity index is 2.01. The summed E-state index contributed by atoms with van der Waals surface area (Å²) in [6.45, 7) is 3.85. The number of anilines is 1. The summed E-state index contributed by atoms with van der Waals surface area (Å²) in [6, 6.07) is 0. The van der Waals surface area contributed by atoms with E-state index in [-0.39, 0.29) is 30.5 Å². The number of hydrogen-bond donors (Lipinski definition) is 0. The molecule has 3 heterocycles. The molecule has 0 unspecified atom stereocenters. The Labute approximate surface area is 149 Å². The third kappa shape index (κ3) is 3.39. The average molecular weight is 389 g/mol. The highest BCUT2D eigenvalue weighted by Crippen LogP contribution is 2.40. The minimum Gasteiger partial charge on any atom is -0.347 e. The van der Waals surface area contributed by atoms with E-state index in [2.05, 4.69) is 9.97 Å². The minimum absolute atomic E-state index is 0.0146. The first-order chi connectivity index (χ1) is 11.5. The third-order valence-electron chi connectivity index (χ3n) is 4.62. The minimum atomic E-state index is -3.48. The smallest absolute Gasteiger partial charge is 0.225 e. The Morgan fingerprint density at radius 1 is 1.32 bits per heavy atom. The van der Waals surface area contributed by atoms with Gasteiger partial charge in [-0.2, -0.15) is 4.31 Å². The predicted molar refractivity (Wildman–Crippen MR) is 95.7 cm³/mol. The van der Waals surface area contributed by atoms with Gasteiger partial charge >= 0.3 is 0 Å². The molecule has 2 aliphatic rings. The van der Waals surface area contributed by atoms with Gasteiger partial charge in [0.1, 0.15) is 0 Å². The van der Waals surface area contributed by atoms with Crippen molar-refractivity contribution < 1.29 is 16.8 Å². The lowest BCUT2D eigenvalue weighted by molar-refractivity contribution is 0.465. The molecule has 2 atom stereocenters. The van der Waals surface area contributed by atoms with Gasteiger partial charge in [0, 0.05) is 44.9 Å². The molecule has 2 aliphatic heterocycles. The van der Waals surface area contributed by atoms with Crippen LogP contribution in [0.2, 0.25) is 0 Å². The maximum atomic E-state index is 12.7. The topological polar surface area (TPSA) is 101 Å². The van der Waals surface area contributed by atoms with E-state index < -0.39 is 31.0 Å². The molecule has 1 aromatic heterocycles. The Morgan fingerprint density at radius 2 is 2.00 bits per heavy atom. The molecule has 140 valence electrons. The zero-order valence-electron chi connectivity index (χ0n) is 14.9. The van der Waals surface area contributed by atoms with Crippen molar-refractivity contribution in [3.8, 4) is 0 Å². The number of hydrogen-bond acceptors (Lipinski definition) is 7. The van der Waals surface area contributed by atoms with Crippen molar-refractivity contribution in [3.63, 3.8) is 0 Å². The maximum Gasteiger partial charge on any atom is 0.225 e. The van der Waals surface area contributed by atoms with Gasteiger partial charge < -0.3 is 4.90 Å². The molecule has 0 aliphatic carbocycles. The number of sulfone groups is 1. The molecule has 3 rings (SSSR count). The third-order valence-corrected chi connectivity index (χ3v) is 8.91. The second-order valence-corrected chi connectivity index (χ2v) is 11.6.